The third kappa shape index (κ3) is 2.90. The van der Waals surface area contributed by atoms with Gasteiger partial charge in [0.2, 0.25) is 5.88 Å². The van der Waals surface area contributed by atoms with E-state index in [1.54, 1.807) is 42.5 Å². The molecule has 0 fully saturated rings. The van der Waals surface area contributed by atoms with Gasteiger partial charge in [0.1, 0.15) is 0 Å². The Morgan fingerprint density at radius 2 is 1.56 bits per heavy atom. The normalized spacial score (nSPS) is 11.7. The van der Waals surface area contributed by atoms with Gasteiger partial charge in [-0.1, -0.05) is 41.9 Å². The molecule has 4 rings (SSSR count). The van der Waals surface area contributed by atoms with E-state index in [9.17, 15) is 18.3 Å². The summed E-state index contributed by atoms with van der Waals surface area (Å²) in [4.78, 5) is 12.6. The maximum Gasteiger partial charge on any atom is 0.350 e. The van der Waals surface area contributed by atoms with Crippen molar-refractivity contribution < 1.29 is 13.5 Å². The third-order valence-electron chi connectivity index (χ3n) is 4.20. The highest BCUT2D eigenvalue weighted by Crippen LogP contribution is 2.23. The smallest absolute Gasteiger partial charge is 0.350 e. The van der Waals surface area contributed by atoms with Crippen LogP contribution in [-0.4, -0.2) is 22.1 Å². The van der Waals surface area contributed by atoms with Gasteiger partial charge in [0, 0.05) is 5.02 Å². The second-order valence-corrected chi connectivity index (χ2v) is 8.12. The SMILES string of the molecule is O=c1n(-c2ccc(Cl)cc2)cc(O)n1S(=O)(=O)c1ccc2ccccc2c1. The van der Waals surface area contributed by atoms with Gasteiger partial charge in [-0.05, 0) is 47.2 Å². The number of imidazole rings is 1. The van der Waals surface area contributed by atoms with Crippen LogP contribution in [0.1, 0.15) is 0 Å². The van der Waals surface area contributed by atoms with Gasteiger partial charge < -0.3 is 5.11 Å². The summed E-state index contributed by atoms with van der Waals surface area (Å²) < 4.78 is 27.4. The van der Waals surface area contributed by atoms with Crippen LogP contribution < -0.4 is 5.69 Å². The van der Waals surface area contributed by atoms with E-state index in [2.05, 4.69) is 0 Å². The zero-order valence-corrected chi connectivity index (χ0v) is 15.4. The van der Waals surface area contributed by atoms with Crippen molar-refractivity contribution in [3.05, 3.63) is 88.4 Å². The molecule has 0 aliphatic rings. The van der Waals surface area contributed by atoms with Gasteiger partial charge in [0.05, 0.1) is 16.8 Å². The van der Waals surface area contributed by atoms with Crippen LogP contribution in [0.3, 0.4) is 0 Å². The fourth-order valence-electron chi connectivity index (χ4n) is 2.86. The van der Waals surface area contributed by atoms with Crippen LogP contribution in [-0.2, 0) is 10.0 Å². The zero-order chi connectivity index (χ0) is 19.2. The molecular formula is C19H13ClN2O4S. The van der Waals surface area contributed by atoms with Gasteiger partial charge in [0.15, 0.2) is 0 Å². The molecule has 0 spiro atoms. The molecule has 0 aliphatic heterocycles. The number of benzene rings is 3. The molecule has 1 heterocycles. The third-order valence-corrected chi connectivity index (χ3v) is 6.12. The molecule has 136 valence electrons. The molecule has 0 amide bonds. The molecule has 0 bridgehead atoms. The lowest BCUT2D eigenvalue weighted by atomic mass is 10.1. The Bertz CT molecular complexity index is 1320. The minimum atomic E-state index is -4.28. The highest BCUT2D eigenvalue weighted by molar-refractivity contribution is 7.90. The van der Waals surface area contributed by atoms with Gasteiger partial charge in [-0.3, -0.25) is 4.57 Å². The van der Waals surface area contributed by atoms with Crippen LogP contribution in [0.4, 0.5) is 0 Å². The van der Waals surface area contributed by atoms with Crippen molar-refractivity contribution in [1.82, 2.24) is 8.54 Å². The summed E-state index contributed by atoms with van der Waals surface area (Å²) in [6, 6.07) is 18.0. The summed E-state index contributed by atoms with van der Waals surface area (Å²) in [7, 11) is -4.28. The van der Waals surface area contributed by atoms with Gasteiger partial charge in [-0.25, -0.2) is 13.2 Å². The summed E-state index contributed by atoms with van der Waals surface area (Å²) in [5.41, 5.74) is -0.518. The predicted octanol–water partition coefficient (Wildman–Crippen LogP) is 3.39. The van der Waals surface area contributed by atoms with Crippen molar-refractivity contribution >= 4 is 32.4 Å². The van der Waals surface area contributed by atoms with Crippen molar-refractivity contribution in [3.8, 4) is 11.6 Å². The Morgan fingerprint density at radius 3 is 2.26 bits per heavy atom. The minimum absolute atomic E-state index is 0.0903. The highest BCUT2D eigenvalue weighted by Gasteiger charge is 2.25. The van der Waals surface area contributed by atoms with Crippen LogP contribution in [0.25, 0.3) is 16.5 Å². The first kappa shape index (κ1) is 17.4. The van der Waals surface area contributed by atoms with Crippen LogP contribution in [0.5, 0.6) is 5.88 Å². The van der Waals surface area contributed by atoms with Crippen molar-refractivity contribution in [3.63, 3.8) is 0 Å². The number of rotatable bonds is 3. The van der Waals surface area contributed by atoms with Crippen molar-refractivity contribution in [2.24, 2.45) is 0 Å². The molecule has 0 saturated carbocycles. The highest BCUT2D eigenvalue weighted by atomic mass is 35.5. The van der Waals surface area contributed by atoms with Crippen LogP contribution >= 0.6 is 11.6 Å². The topological polar surface area (TPSA) is 81.3 Å². The molecule has 4 aromatic rings. The molecule has 0 aliphatic carbocycles. The van der Waals surface area contributed by atoms with E-state index in [-0.39, 0.29) is 4.90 Å². The molecule has 0 radical (unpaired) electrons. The summed E-state index contributed by atoms with van der Waals surface area (Å²) in [5.74, 6) is -0.678. The Labute approximate surface area is 159 Å². The average molecular weight is 401 g/mol. The Balaban J connectivity index is 1.89. The van der Waals surface area contributed by atoms with Crippen LogP contribution in [0, 0.1) is 0 Å². The molecule has 0 atom stereocenters. The zero-order valence-electron chi connectivity index (χ0n) is 13.8. The monoisotopic (exact) mass is 400 g/mol. The van der Waals surface area contributed by atoms with Crippen molar-refractivity contribution in [2.75, 3.05) is 0 Å². The second-order valence-electron chi connectivity index (χ2n) is 5.89. The Kier molecular flexibility index (Phi) is 4.05. The van der Waals surface area contributed by atoms with E-state index < -0.39 is 21.6 Å². The number of aromatic hydroxyl groups is 1. The number of nitrogens with zero attached hydrogens (tertiary/aromatic N) is 2. The lowest BCUT2D eigenvalue weighted by molar-refractivity contribution is 0.443. The van der Waals surface area contributed by atoms with E-state index in [0.29, 0.717) is 20.1 Å². The molecular weight excluding hydrogens is 388 g/mol. The number of hydrogen-bond acceptors (Lipinski definition) is 4. The molecule has 1 aromatic heterocycles. The molecule has 0 unspecified atom stereocenters. The lowest BCUT2D eigenvalue weighted by Gasteiger charge is -2.07. The Hall–Kier alpha value is -3.03. The van der Waals surface area contributed by atoms with Crippen molar-refractivity contribution in [2.45, 2.75) is 4.90 Å². The van der Waals surface area contributed by atoms with E-state index in [0.717, 1.165) is 16.2 Å². The van der Waals surface area contributed by atoms with E-state index >= 15 is 0 Å². The fourth-order valence-corrected chi connectivity index (χ4v) is 4.30. The summed E-state index contributed by atoms with van der Waals surface area (Å²) >= 11 is 5.84. The predicted molar refractivity (Wildman–Crippen MR) is 103 cm³/mol. The van der Waals surface area contributed by atoms with E-state index in [4.69, 9.17) is 11.6 Å². The number of hydrogen-bond donors (Lipinski definition) is 1. The number of fused-ring (bicyclic) bond motifs is 1. The van der Waals surface area contributed by atoms with Crippen LogP contribution in [0.2, 0.25) is 5.02 Å². The second kappa shape index (κ2) is 6.29. The maximum absolute atomic E-state index is 13.0. The first-order chi connectivity index (χ1) is 12.9. The number of halogens is 1. The molecule has 6 nitrogen and oxygen atoms in total. The molecule has 27 heavy (non-hydrogen) atoms. The number of aromatic nitrogens is 2. The summed E-state index contributed by atoms with van der Waals surface area (Å²) in [6.45, 7) is 0. The molecule has 3 aromatic carbocycles. The molecule has 8 heteroatoms. The van der Waals surface area contributed by atoms with Crippen molar-refractivity contribution in [1.29, 1.82) is 0 Å². The quantitative estimate of drug-likeness (QED) is 0.571. The van der Waals surface area contributed by atoms with E-state index in [1.165, 1.54) is 12.1 Å². The standard InChI is InChI=1S/C19H13ClN2O4S/c20-15-6-8-16(9-7-15)21-12-18(23)22(19(21)24)27(25,26)17-10-5-13-3-1-2-4-14(13)11-17/h1-12,23H. The summed E-state index contributed by atoms with van der Waals surface area (Å²) in [5, 5.41) is 12.2. The first-order valence-corrected chi connectivity index (χ1v) is 9.73. The largest absolute Gasteiger partial charge is 0.493 e. The molecule has 1 N–H and O–H groups in total. The van der Waals surface area contributed by atoms with E-state index in [1.807, 2.05) is 12.1 Å². The maximum atomic E-state index is 13.0. The van der Waals surface area contributed by atoms with Crippen LogP contribution in [0.15, 0.2) is 82.6 Å². The first-order valence-electron chi connectivity index (χ1n) is 7.91. The Morgan fingerprint density at radius 1 is 0.889 bits per heavy atom. The van der Waals surface area contributed by atoms with Gasteiger partial charge in [0.25, 0.3) is 10.0 Å². The lowest BCUT2D eigenvalue weighted by Crippen LogP contribution is -2.28. The fraction of sp³-hybridized carbons (Fsp3) is 0. The summed E-state index contributed by atoms with van der Waals surface area (Å²) in [6.07, 6.45) is 1.06. The van der Waals surface area contributed by atoms with Gasteiger partial charge >= 0.3 is 5.69 Å². The van der Waals surface area contributed by atoms with Gasteiger partial charge in [-0.15, -0.1) is 3.97 Å². The van der Waals surface area contributed by atoms with Gasteiger partial charge in [-0.2, -0.15) is 0 Å². The minimum Gasteiger partial charge on any atom is -0.493 e. The average Bonchev–Trinajstić information content (AvgIpc) is 2.96. The molecule has 0 saturated heterocycles.